The zero-order chi connectivity index (χ0) is 21.5. The molecule has 1 heterocycles. The largest absolute Gasteiger partial charge is 0.497 e. The fourth-order valence-corrected chi connectivity index (χ4v) is 3.37. The predicted molar refractivity (Wildman–Crippen MR) is 128 cm³/mol. The molecule has 4 N–H and O–H groups in total. The second-order valence-corrected chi connectivity index (χ2v) is 8.25. The Kier molecular flexibility index (Phi) is 7.52. The summed E-state index contributed by atoms with van der Waals surface area (Å²) in [5.41, 5.74) is 5.15. The molecule has 0 unspecified atom stereocenters. The number of anilines is 2. The van der Waals surface area contributed by atoms with Crippen LogP contribution in [0.15, 0.2) is 58.8 Å². The number of aromatic nitrogens is 3. The van der Waals surface area contributed by atoms with E-state index in [1.54, 1.807) is 7.11 Å². The van der Waals surface area contributed by atoms with Gasteiger partial charge in [0.1, 0.15) is 5.75 Å². The maximum absolute atomic E-state index is 12.1. The molecule has 0 saturated heterocycles. The number of amides is 1. The van der Waals surface area contributed by atoms with Crippen LogP contribution < -0.4 is 21.3 Å². The molecule has 0 bridgehead atoms. The van der Waals surface area contributed by atoms with Gasteiger partial charge in [-0.3, -0.25) is 4.79 Å². The van der Waals surface area contributed by atoms with Crippen molar-refractivity contribution < 1.29 is 9.53 Å². The maximum atomic E-state index is 12.1. The van der Waals surface area contributed by atoms with E-state index in [1.165, 1.54) is 16.4 Å². The average Bonchev–Trinajstić information content (AvgIpc) is 3.11. The van der Waals surface area contributed by atoms with Gasteiger partial charge in [0.25, 0.3) is 5.95 Å². The molecule has 0 radical (unpaired) electrons. The van der Waals surface area contributed by atoms with Crippen molar-refractivity contribution in [1.82, 2.24) is 14.9 Å². The molecule has 0 aliphatic carbocycles. The molecule has 11 heteroatoms. The van der Waals surface area contributed by atoms with Gasteiger partial charge in [0.2, 0.25) is 11.1 Å². The van der Waals surface area contributed by atoms with Crippen molar-refractivity contribution in [3.8, 4) is 5.75 Å². The van der Waals surface area contributed by atoms with Crippen LogP contribution in [0.5, 0.6) is 5.75 Å². The van der Waals surface area contributed by atoms with Crippen LogP contribution in [0.1, 0.15) is 12.5 Å². The van der Waals surface area contributed by atoms with E-state index in [2.05, 4.69) is 48.6 Å². The lowest BCUT2D eigenvalue weighted by atomic mass is 10.1. The van der Waals surface area contributed by atoms with Crippen molar-refractivity contribution in [3.05, 3.63) is 57.7 Å². The van der Waals surface area contributed by atoms with Crippen LogP contribution >= 0.6 is 34.4 Å². The number of thioether (sulfide) groups is 1. The number of rotatable bonds is 8. The normalized spacial score (nSPS) is 11.2. The summed E-state index contributed by atoms with van der Waals surface area (Å²) in [7, 11) is 1.61. The number of hydrogen-bond acceptors (Lipinski definition) is 8. The molecule has 156 valence electrons. The van der Waals surface area contributed by atoms with Crippen molar-refractivity contribution in [1.29, 1.82) is 0 Å². The van der Waals surface area contributed by atoms with Crippen LogP contribution in [0.3, 0.4) is 0 Å². The van der Waals surface area contributed by atoms with Crippen LogP contribution in [0.4, 0.5) is 11.6 Å². The lowest BCUT2D eigenvalue weighted by Crippen LogP contribution is -2.17. The van der Waals surface area contributed by atoms with Crippen molar-refractivity contribution in [3.63, 3.8) is 0 Å². The topological polar surface area (TPSA) is 119 Å². The van der Waals surface area contributed by atoms with Gasteiger partial charge in [-0.2, -0.15) is 5.10 Å². The first-order valence-corrected chi connectivity index (χ1v) is 10.9. The zero-order valence-electron chi connectivity index (χ0n) is 16.3. The standard InChI is InChI=1S/C19H20IN7O2S/c1-12(13-4-3-5-16(10-13)29-2)23-24-18-25-26-19(27(18)21)30-11-17(28)22-15-8-6-14(20)7-9-15/h3-10H,11,21H2,1-2H3,(H,22,28)(H,24,25)/b23-12+. The number of methoxy groups -OCH3 is 1. The first kappa shape index (κ1) is 21.9. The molecule has 0 saturated carbocycles. The molecule has 3 aromatic rings. The van der Waals surface area contributed by atoms with Crippen LogP contribution in [0.2, 0.25) is 0 Å². The van der Waals surface area contributed by atoms with E-state index in [4.69, 9.17) is 10.6 Å². The summed E-state index contributed by atoms with van der Waals surface area (Å²) < 4.78 is 7.57. The van der Waals surface area contributed by atoms with Crippen molar-refractivity contribution in [2.24, 2.45) is 5.10 Å². The summed E-state index contributed by atoms with van der Waals surface area (Å²) >= 11 is 3.39. The number of nitrogens with zero attached hydrogens (tertiary/aromatic N) is 4. The summed E-state index contributed by atoms with van der Waals surface area (Å²) in [6, 6.07) is 15.1. The minimum atomic E-state index is -0.161. The maximum Gasteiger partial charge on any atom is 0.264 e. The molecule has 2 aromatic carbocycles. The Labute approximate surface area is 191 Å². The molecular formula is C19H20IN7O2S. The highest BCUT2D eigenvalue weighted by atomic mass is 127. The Hall–Kier alpha value is -2.80. The van der Waals surface area contributed by atoms with E-state index in [0.29, 0.717) is 5.16 Å². The zero-order valence-corrected chi connectivity index (χ0v) is 19.3. The van der Waals surface area contributed by atoms with Gasteiger partial charge in [0.15, 0.2) is 0 Å². The Morgan fingerprint density at radius 2 is 2.03 bits per heavy atom. The summed E-state index contributed by atoms with van der Waals surface area (Å²) in [6.45, 7) is 1.85. The lowest BCUT2D eigenvalue weighted by Gasteiger charge is -2.06. The molecule has 9 nitrogen and oxygen atoms in total. The van der Waals surface area contributed by atoms with Gasteiger partial charge in [0.05, 0.1) is 18.6 Å². The molecule has 30 heavy (non-hydrogen) atoms. The van der Waals surface area contributed by atoms with Gasteiger partial charge in [0, 0.05) is 14.8 Å². The molecule has 0 fully saturated rings. The highest BCUT2D eigenvalue weighted by molar-refractivity contribution is 14.1. The van der Waals surface area contributed by atoms with Crippen LogP contribution in [-0.4, -0.2) is 39.4 Å². The van der Waals surface area contributed by atoms with Gasteiger partial charge in [-0.05, 0) is 65.9 Å². The highest BCUT2D eigenvalue weighted by Gasteiger charge is 2.12. The fraction of sp³-hybridized carbons (Fsp3) is 0.158. The fourth-order valence-electron chi connectivity index (χ4n) is 2.36. The van der Waals surface area contributed by atoms with Crippen LogP contribution in [-0.2, 0) is 4.79 Å². The third-order valence-electron chi connectivity index (χ3n) is 3.94. The van der Waals surface area contributed by atoms with E-state index in [1.807, 2.05) is 55.5 Å². The number of ether oxygens (including phenoxy) is 1. The number of carbonyl (C=O) groups is 1. The lowest BCUT2D eigenvalue weighted by molar-refractivity contribution is -0.113. The monoisotopic (exact) mass is 537 g/mol. The SMILES string of the molecule is COc1cccc(/C(C)=N/Nc2nnc(SCC(=O)Nc3ccc(I)cc3)n2N)c1. The molecular weight excluding hydrogens is 517 g/mol. The van der Waals surface area contributed by atoms with E-state index >= 15 is 0 Å². The number of nitrogens with two attached hydrogens (primary N) is 1. The molecule has 1 amide bonds. The van der Waals surface area contributed by atoms with E-state index in [9.17, 15) is 4.79 Å². The van der Waals surface area contributed by atoms with Gasteiger partial charge < -0.3 is 15.9 Å². The number of hydrogen-bond donors (Lipinski definition) is 3. The Morgan fingerprint density at radius 3 is 2.77 bits per heavy atom. The second kappa shape index (κ2) is 10.3. The van der Waals surface area contributed by atoms with Gasteiger partial charge >= 0.3 is 0 Å². The number of benzene rings is 2. The molecule has 1 aromatic heterocycles. The van der Waals surface area contributed by atoms with Crippen molar-refractivity contribution >= 4 is 57.6 Å². The van der Waals surface area contributed by atoms with Gasteiger partial charge in [-0.1, -0.05) is 23.9 Å². The molecule has 3 rings (SSSR count). The average molecular weight is 537 g/mol. The van der Waals surface area contributed by atoms with Crippen molar-refractivity contribution in [2.75, 3.05) is 29.4 Å². The molecule has 0 aliphatic rings. The Morgan fingerprint density at radius 1 is 1.27 bits per heavy atom. The molecule has 0 aliphatic heterocycles. The highest BCUT2D eigenvalue weighted by Crippen LogP contribution is 2.18. The van der Waals surface area contributed by atoms with E-state index in [0.717, 1.165) is 26.3 Å². The van der Waals surface area contributed by atoms with Gasteiger partial charge in [-0.25, -0.2) is 10.1 Å². The molecule has 0 spiro atoms. The Balaban J connectivity index is 1.57. The minimum absolute atomic E-state index is 0.146. The Bertz CT molecular complexity index is 1050. The summed E-state index contributed by atoms with van der Waals surface area (Å²) in [4.78, 5) is 12.1. The van der Waals surface area contributed by atoms with E-state index < -0.39 is 0 Å². The predicted octanol–water partition coefficient (Wildman–Crippen LogP) is 3.17. The first-order chi connectivity index (χ1) is 14.5. The first-order valence-electron chi connectivity index (χ1n) is 8.79. The summed E-state index contributed by atoms with van der Waals surface area (Å²) in [5.74, 6) is 7.00. The third-order valence-corrected chi connectivity index (χ3v) is 5.60. The van der Waals surface area contributed by atoms with Crippen LogP contribution in [0.25, 0.3) is 0 Å². The van der Waals surface area contributed by atoms with E-state index in [-0.39, 0.29) is 17.6 Å². The minimum Gasteiger partial charge on any atom is -0.497 e. The number of hydrazone groups is 1. The summed E-state index contributed by atoms with van der Waals surface area (Å²) in [6.07, 6.45) is 0. The number of nitrogens with one attached hydrogen (secondary N) is 2. The third kappa shape index (κ3) is 5.86. The van der Waals surface area contributed by atoms with Gasteiger partial charge in [-0.15, -0.1) is 10.2 Å². The number of halogens is 1. The number of carbonyl (C=O) groups excluding carboxylic acids is 1. The molecule has 0 atom stereocenters. The van der Waals surface area contributed by atoms with Crippen LogP contribution in [0, 0.1) is 3.57 Å². The number of nitrogen functional groups attached to an aromatic ring is 1. The summed E-state index contributed by atoms with van der Waals surface area (Å²) in [5, 5.41) is 15.5. The smallest absolute Gasteiger partial charge is 0.264 e. The second-order valence-electron chi connectivity index (χ2n) is 6.06. The quantitative estimate of drug-likeness (QED) is 0.133. The van der Waals surface area contributed by atoms with Crippen molar-refractivity contribution in [2.45, 2.75) is 12.1 Å².